The monoisotopic (exact) mass is 235 g/mol. The Morgan fingerprint density at radius 1 is 1.44 bits per heavy atom. The Balaban J connectivity index is 2.48. The number of hydrogen-bond acceptors (Lipinski definition) is 2. The Morgan fingerprint density at radius 2 is 2.12 bits per heavy atom. The molecule has 5 heteroatoms. The summed E-state index contributed by atoms with van der Waals surface area (Å²) >= 11 is 0. The van der Waals surface area contributed by atoms with Crippen molar-refractivity contribution in [2.75, 3.05) is 7.05 Å². The fourth-order valence-corrected chi connectivity index (χ4v) is 1.65. The van der Waals surface area contributed by atoms with Crippen molar-refractivity contribution in [3.05, 3.63) is 23.7 Å². The van der Waals surface area contributed by atoms with Crippen LogP contribution in [-0.4, -0.2) is 13.2 Å². The highest BCUT2D eigenvalue weighted by molar-refractivity contribution is 5.18. The number of furan rings is 1. The molecule has 1 unspecified atom stereocenters. The van der Waals surface area contributed by atoms with Crippen LogP contribution in [0.5, 0.6) is 0 Å². The maximum absolute atomic E-state index is 12.0. The van der Waals surface area contributed by atoms with Crippen LogP contribution in [0.15, 0.2) is 16.7 Å². The summed E-state index contributed by atoms with van der Waals surface area (Å²) in [4.78, 5) is 0. The van der Waals surface area contributed by atoms with Crippen molar-refractivity contribution in [2.45, 2.75) is 38.4 Å². The van der Waals surface area contributed by atoms with E-state index in [9.17, 15) is 13.2 Å². The average Bonchev–Trinajstić information content (AvgIpc) is 2.58. The number of nitrogens with one attached hydrogen (secondary N) is 1. The van der Waals surface area contributed by atoms with Crippen LogP contribution in [0.25, 0.3) is 0 Å². The van der Waals surface area contributed by atoms with Gasteiger partial charge in [-0.15, -0.1) is 0 Å². The molecule has 0 saturated heterocycles. The molecule has 1 rings (SSSR count). The van der Waals surface area contributed by atoms with Crippen LogP contribution in [-0.2, 0) is 0 Å². The molecule has 0 radical (unpaired) electrons. The van der Waals surface area contributed by atoms with E-state index in [2.05, 4.69) is 5.32 Å². The van der Waals surface area contributed by atoms with Crippen molar-refractivity contribution in [3.8, 4) is 0 Å². The molecule has 0 aliphatic rings. The zero-order chi connectivity index (χ0) is 12.2. The van der Waals surface area contributed by atoms with Crippen LogP contribution in [0, 0.1) is 6.92 Å². The van der Waals surface area contributed by atoms with E-state index in [1.165, 1.54) is 0 Å². The third-order valence-electron chi connectivity index (χ3n) is 2.52. The lowest BCUT2D eigenvalue weighted by atomic mass is 10.0. The molecule has 1 atom stereocenters. The molecule has 0 bridgehead atoms. The topological polar surface area (TPSA) is 25.2 Å². The Labute approximate surface area is 92.8 Å². The second-order valence-electron chi connectivity index (χ2n) is 3.82. The van der Waals surface area contributed by atoms with Crippen molar-refractivity contribution in [3.63, 3.8) is 0 Å². The zero-order valence-electron chi connectivity index (χ0n) is 9.40. The van der Waals surface area contributed by atoms with Gasteiger partial charge in [-0.05, 0) is 38.4 Å². The fourth-order valence-electron chi connectivity index (χ4n) is 1.65. The minimum absolute atomic E-state index is 0.106. The lowest BCUT2D eigenvalue weighted by Crippen LogP contribution is -2.17. The summed E-state index contributed by atoms with van der Waals surface area (Å²) in [5, 5.41) is 2.97. The third-order valence-corrected chi connectivity index (χ3v) is 2.52. The van der Waals surface area contributed by atoms with Crippen molar-refractivity contribution in [1.82, 2.24) is 5.32 Å². The van der Waals surface area contributed by atoms with Gasteiger partial charge in [-0.25, -0.2) is 0 Å². The quantitative estimate of drug-likeness (QED) is 0.843. The summed E-state index contributed by atoms with van der Waals surface area (Å²) in [6.07, 6.45) is -2.74. The van der Waals surface area contributed by atoms with E-state index in [1.54, 1.807) is 13.3 Å². The van der Waals surface area contributed by atoms with E-state index >= 15 is 0 Å². The number of aryl methyl sites for hydroxylation is 1. The standard InChI is InChI=1S/C11H16F3NO/c1-8-5-7-16-10(8)9(15-2)4-3-6-11(12,13)14/h5,7,9,15H,3-4,6H2,1-2H3. The van der Waals surface area contributed by atoms with Crippen molar-refractivity contribution < 1.29 is 17.6 Å². The molecule has 0 aromatic carbocycles. The molecular weight excluding hydrogens is 219 g/mol. The highest BCUT2D eigenvalue weighted by atomic mass is 19.4. The summed E-state index contributed by atoms with van der Waals surface area (Å²) in [7, 11) is 1.72. The highest BCUT2D eigenvalue weighted by Crippen LogP contribution is 2.27. The molecule has 1 aromatic heterocycles. The first-order valence-corrected chi connectivity index (χ1v) is 5.22. The van der Waals surface area contributed by atoms with Gasteiger partial charge in [0.25, 0.3) is 0 Å². The van der Waals surface area contributed by atoms with Gasteiger partial charge in [-0.3, -0.25) is 0 Å². The number of hydrogen-bond donors (Lipinski definition) is 1. The first-order chi connectivity index (χ1) is 7.44. The lowest BCUT2D eigenvalue weighted by Gasteiger charge is -2.15. The fraction of sp³-hybridized carbons (Fsp3) is 0.636. The molecule has 0 fully saturated rings. The molecule has 1 aromatic rings. The highest BCUT2D eigenvalue weighted by Gasteiger charge is 2.27. The van der Waals surface area contributed by atoms with Gasteiger partial charge in [0.2, 0.25) is 0 Å². The van der Waals surface area contributed by atoms with Gasteiger partial charge in [0.15, 0.2) is 0 Å². The van der Waals surface area contributed by atoms with E-state index in [0.29, 0.717) is 6.42 Å². The maximum atomic E-state index is 12.0. The van der Waals surface area contributed by atoms with Crippen molar-refractivity contribution in [2.24, 2.45) is 0 Å². The van der Waals surface area contributed by atoms with Gasteiger partial charge in [0.1, 0.15) is 5.76 Å². The molecule has 2 nitrogen and oxygen atoms in total. The minimum atomic E-state index is -4.07. The Hall–Kier alpha value is -0.970. The minimum Gasteiger partial charge on any atom is -0.467 e. The Bertz CT molecular complexity index is 319. The second kappa shape index (κ2) is 5.39. The smallest absolute Gasteiger partial charge is 0.389 e. The molecule has 0 amide bonds. The van der Waals surface area contributed by atoms with E-state index in [1.807, 2.05) is 13.0 Å². The Kier molecular flexibility index (Phi) is 4.41. The molecule has 92 valence electrons. The number of halogens is 3. The van der Waals surface area contributed by atoms with Gasteiger partial charge in [-0.1, -0.05) is 0 Å². The summed E-state index contributed by atoms with van der Waals surface area (Å²) in [5.74, 6) is 0.727. The lowest BCUT2D eigenvalue weighted by molar-refractivity contribution is -0.135. The van der Waals surface area contributed by atoms with Crippen molar-refractivity contribution >= 4 is 0 Å². The first-order valence-electron chi connectivity index (χ1n) is 5.22. The molecule has 0 aliphatic heterocycles. The predicted molar refractivity (Wildman–Crippen MR) is 55.2 cm³/mol. The normalized spacial score (nSPS) is 14.1. The van der Waals surface area contributed by atoms with Crippen LogP contribution in [0.2, 0.25) is 0 Å². The number of rotatable bonds is 5. The Morgan fingerprint density at radius 3 is 2.56 bits per heavy atom. The number of alkyl halides is 3. The van der Waals surface area contributed by atoms with E-state index in [4.69, 9.17) is 4.42 Å². The van der Waals surface area contributed by atoms with Gasteiger partial charge >= 0.3 is 6.18 Å². The van der Waals surface area contributed by atoms with Crippen LogP contribution in [0.3, 0.4) is 0 Å². The van der Waals surface area contributed by atoms with Crippen LogP contribution < -0.4 is 5.32 Å². The largest absolute Gasteiger partial charge is 0.467 e. The molecule has 16 heavy (non-hydrogen) atoms. The van der Waals surface area contributed by atoms with Crippen LogP contribution >= 0.6 is 0 Å². The molecule has 1 N–H and O–H groups in total. The van der Waals surface area contributed by atoms with E-state index in [0.717, 1.165) is 11.3 Å². The zero-order valence-corrected chi connectivity index (χ0v) is 9.40. The van der Waals surface area contributed by atoms with Crippen molar-refractivity contribution in [1.29, 1.82) is 0 Å². The predicted octanol–water partition coefficient (Wildman–Crippen LogP) is 3.58. The van der Waals surface area contributed by atoms with Crippen LogP contribution in [0.1, 0.15) is 36.6 Å². The molecule has 1 heterocycles. The van der Waals surface area contributed by atoms with Gasteiger partial charge in [0.05, 0.1) is 12.3 Å². The van der Waals surface area contributed by atoms with Crippen LogP contribution in [0.4, 0.5) is 13.2 Å². The van der Waals surface area contributed by atoms with E-state index < -0.39 is 12.6 Å². The summed E-state index contributed by atoms with van der Waals surface area (Å²) in [6, 6.07) is 1.67. The molecular formula is C11H16F3NO. The summed E-state index contributed by atoms with van der Waals surface area (Å²) < 4.78 is 41.2. The summed E-state index contributed by atoms with van der Waals surface area (Å²) in [5.41, 5.74) is 0.964. The maximum Gasteiger partial charge on any atom is 0.389 e. The second-order valence-corrected chi connectivity index (χ2v) is 3.82. The summed E-state index contributed by atoms with van der Waals surface area (Å²) in [6.45, 7) is 1.88. The molecule has 0 saturated carbocycles. The average molecular weight is 235 g/mol. The molecule has 0 spiro atoms. The SMILES string of the molecule is CNC(CCCC(F)(F)F)c1occc1C. The van der Waals surface area contributed by atoms with Gasteiger partial charge in [-0.2, -0.15) is 13.2 Å². The molecule has 0 aliphatic carbocycles. The third kappa shape index (κ3) is 3.89. The van der Waals surface area contributed by atoms with Gasteiger partial charge in [0, 0.05) is 6.42 Å². The van der Waals surface area contributed by atoms with E-state index in [-0.39, 0.29) is 12.5 Å². The van der Waals surface area contributed by atoms with Gasteiger partial charge < -0.3 is 9.73 Å². The first kappa shape index (κ1) is 13.1.